The standard InChI is InChI=1S/C14H28N2O2/c1-11(4-3-5-12(2)15)14(18)16-8-6-13(10-17)7-9-16/h11-13,17H,3-10,15H2,1-2H3. The maximum Gasteiger partial charge on any atom is 0.225 e. The second kappa shape index (κ2) is 7.74. The molecule has 1 heterocycles. The van der Waals surface area contributed by atoms with Crippen LogP contribution in [-0.4, -0.2) is 41.7 Å². The van der Waals surface area contributed by atoms with Crippen molar-refractivity contribution in [3.8, 4) is 0 Å². The van der Waals surface area contributed by atoms with E-state index >= 15 is 0 Å². The van der Waals surface area contributed by atoms with Gasteiger partial charge in [0.05, 0.1) is 0 Å². The van der Waals surface area contributed by atoms with Crippen molar-refractivity contribution >= 4 is 5.91 Å². The van der Waals surface area contributed by atoms with Gasteiger partial charge in [-0.2, -0.15) is 0 Å². The van der Waals surface area contributed by atoms with Crippen LogP contribution >= 0.6 is 0 Å². The molecule has 4 nitrogen and oxygen atoms in total. The number of nitrogens with two attached hydrogens (primary N) is 1. The minimum Gasteiger partial charge on any atom is -0.396 e. The molecule has 1 amide bonds. The topological polar surface area (TPSA) is 66.6 Å². The van der Waals surface area contributed by atoms with Crippen molar-refractivity contribution in [1.29, 1.82) is 0 Å². The van der Waals surface area contributed by atoms with Gasteiger partial charge in [-0.15, -0.1) is 0 Å². The Balaban J connectivity index is 2.26. The van der Waals surface area contributed by atoms with E-state index in [9.17, 15) is 4.79 Å². The molecule has 2 unspecified atom stereocenters. The van der Waals surface area contributed by atoms with E-state index in [1.165, 1.54) is 0 Å². The maximum atomic E-state index is 12.2. The summed E-state index contributed by atoms with van der Waals surface area (Å²) in [5, 5.41) is 9.08. The van der Waals surface area contributed by atoms with Gasteiger partial charge in [0.1, 0.15) is 0 Å². The summed E-state index contributed by atoms with van der Waals surface area (Å²) in [5.41, 5.74) is 5.71. The number of nitrogens with zero attached hydrogens (tertiary/aromatic N) is 1. The fourth-order valence-electron chi connectivity index (χ4n) is 2.52. The van der Waals surface area contributed by atoms with Crippen LogP contribution in [0.5, 0.6) is 0 Å². The van der Waals surface area contributed by atoms with Gasteiger partial charge in [0.2, 0.25) is 5.91 Å². The van der Waals surface area contributed by atoms with Gasteiger partial charge in [0, 0.05) is 31.7 Å². The quantitative estimate of drug-likeness (QED) is 0.754. The Labute approximate surface area is 111 Å². The number of hydrogen-bond donors (Lipinski definition) is 2. The van der Waals surface area contributed by atoms with E-state index in [1.54, 1.807) is 0 Å². The molecular formula is C14H28N2O2. The van der Waals surface area contributed by atoms with Crippen LogP contribution in [0.4, 0.5) is 0 Å². The predicted molar refractivity (Wildman–Crippen MR) is 73.1 cm³/mol. The lowest BCUT2D eigenvalue weighted by atomic mass is 9.95. The van der Waals surface area contributed by atoms with Crippen LogP contribution in [0.3, 0.4) is 0 Å². The van der Waals surface area contributed by atoms with Crippen molar-refractivity contribution in [1.82, 2.24) is 4.90 Å². The second-order valence-electron chi connectivity index (χ2n) is 5.76. The Bertz CT molecular complexity index is 248. The third kappa shape index (κ3) is 4.94. The van der Waals surface area contributed by atoms with E-state index in [0.29, 0.717) is 5.92 Å². The van der Waals surface area contributed by atoms with Crippen molar-refractivity contribution < 1.29 is 9.90 Å². The Morgan fingerprint density at radius 2 is 1.94 bits per heavy atom. The van der Waals surface area contributed by atoms with Gasteiger partial charge in [-0.05, 0) is 38.5 Å². The molecule has 1 aliphatic rings. The van der Waals surface area contributed by atoms with E-state index in [-0.39, 0.29) is 24.5 Å². The summed E-state index contributed by atoms with van der Waals surface area (Å²) in [6, 6.07) is 0.229. The minimum absolute atomic E-state index is 0.106. The third-order valence-corrected chi connectivity index (χ3v) is 3.90. The summed E-state index contributed by atoms with van der Waals surface area (Å²) in [6.07, 6.45) is 4.83. The Morgan fingerprint density at radius 1 is 1.33 bits per heavy atom. The monoisotopic (exact) mass is 256 g/mol. The summed E-state index contributed by atoms with van der Waals surface area (Å²) in [7, 11) is 0. The number of likely N-dealkylation sites (tertiary alicyclic amines) is 1. The molecule has 1 aliphatic heterocycles. The first-order valence-corrected chi connectivity index (χ1v) is 7.19. The van der Waals surface area contributed by atoms with Gasteiger partial charge < -0.3 is 15.7 Å². The fourth-order valence-corrected chi connectivity index (χ4v) is 2.52. The number of hydrogen-bond acceptors (Lipinski definition) is 3. The molecule has 0 spiro atoms. The summed E-state index contributed by atoms with van der Waals surface area (Å²) in [6.45, 7) is 5.89. The van der Waals surface area contributed by atoms with Crippen LogP contribution in [0.2, 0.25) is 0 Å². The maximum absolute atomic E-state index is 12.2. The zero-order chi connectivity index (χ0) is 13.5. The molecule has 0 aromatic heterocycles. The van der Waals surface area contributed by atoms with Crippen molar-refractivity contribution in [2.24, 2.45) is 17.6 Å². The lowest BCUT2D eigenvalue weighted by Gasteiger charge is -2.33. The van der Waals surface area contributed by atoms with Crippen LogP contribution in [0.15, 0.2) is 0 Å². The molecule has 106 valence electrons. The molecule has 1 fully saturated rings. The van der Waals surface area contributed by atoms with Gasteiger partial charge in [-0.1, -0.05) is 13.3 Å². The zero-order valence-corrected chi connectivity index (χ0v) is 11.8. The van der Waals surface area contributed by atoms with Crippen molar-refractivity contribution in [3.63, 3.8) is 0 Å². The molecule has 0 aromatic rings. The SMILES string of the molecule is CC(N)CCCC(C)C(=O)N1CCC(CO)CC1. The smallest absolute Gasteiger partial charge is 0.225 e. The molecule has 3 N–H and O–H groups in total. The lowest BCUT2D eigenvalue weighted by molar-refractivity contribution is -0.136. The van der Waals surface area contributed by atoms with Crippen molar-refractivity contribution in [2.45, 2.75) is 52.0 Å². The Hall–Kier alpha value is -0.610. The van der Waals surface area contributed by atoms with Crippen LogP contribution in [-0.2, 0) is 4.79 Å². The molecule has 0 bridgehead atoms. The van der Waals surface area contributed by atoms with Crippen LogP contribution in [0, 0.1) is 11.8 Å². The predicted octanol–water partition coefficient (Wildman–Crippen LogP) is 1.37. The molecular weight excluding hydrogens is 228 g/mol. The molecule has 2 atom stereocenters. The summed E-state index contributed by atoms with van der Waals surface area (Å²) >= 11 is 0. The number of aliphatic hydroxyl groups is 1. The zero-order valence-electron chi connectivity index (χ0n) is 11.8. The average Bonchev–Trinajstić information content (AvgIpc) is 2.37. The highest BCUT2D eigenvalue weighted by atomic mass is 16.3. The second-order valence-corrected chi connectivity index (χ2v) is 5.76. The van der Waals surface area contributed by atoms with Gasteiger partial charge in [-0.25, -0.2) is 0 Å². The first-order chi connectivity index (χ1) is 8.54. The van der Waals surface area contributed by atoms with Gasteiger partial charge in [-0.3, -0.25) is 4.79 Å². The first-order valence-electron chi connectivity index (χ1n) is 7.19. The molecule has 4 heteroatoms. The fraction of sp³-hybridized carbons (Fsp3) is 0.929. The molecule has 1 rings (SSSR count). The van der Waals surface area contributed by atoms with Crippen LogP contribution < -0.4 is 5.73 Å². The molecule has 1 saturated heterocycles. The minimum atomic E-state index is 0.106. The Morgan fingerprint density at radius 3 is 2.44 bits per heavy atom. The van der Waals surface area contributed by atoms with Gasteiger partial charge >= 0.3 is 0 Å². The van der Waals surface area contributed by atoms with Crippen molar-refractivity contribution in [2.75, 3.05) is 19.7 Å². The number of rotatable bonds is 6. The molecule has 0 aliphatic carbocycles. The van der Waals surface area contributed by atoms with E-state index in [4.69, 9.17) is 10.8 Å². The van der Waals surface area contributed by atoms with E-state index < -0.39 is 0 Å². The summed E-state index contributed by atoms with van der Waals surface area (Å²) < 4.78 is 0. The largest absolute Gasteiger partial charge is 0.396 e. The van der Waals surface area contributed by atoms with Crippen LogP contribution in [0.25, 0.3) is 0 Å². The highest BCUT2D eigenvalue weighted by Crippen LogP contribution is 2.20. The van der Waals surface area contributed by atoms with E-state index in [2.05, 4.69) is 0 Å². The van der Waals surface area contributed by atoms with Crippen LogP contribution in [0.1, 0.15) is 46.0 Å². The molecule has 18 heavy (non-hydrogen) atoms. The van der Waals surface area contributed by atoms with Gasteiger partial charge in [0.15, 0.2) is 0 Å². The number of carbonyl (C=O) groups excluding carboxylic acids is 1. The number of amides is 1. The lowest BCUT2D eigenvalue weighted by Crippen LogP contribution is -2.41. The number of carbonyl (C=O) groups is 1. The molecule has 0 radical (unpaired) electrons. The van der Waals surface area contributed by atoms with E-state index in [1.807, 2.05) is 18.7 Å². The normalized spacial score (nSPS) is 20.8. The Kier molecular flexibility index (Phi) is 6.65. The molecule has 0 saturated carbocycles. The summed E-state index contributed by atoms with van der Waals surface area (Å²) in [5.74, 6) is 0.771. The number of aliphatic hydroxyl groups excluding tert-OH is 1. The van der Waals surface area contributed by atoms with E-state index in [0.717, 1.165) is 45.2 Å². The number of piperidine rings is 1. The van der Waals surface area contributed by atoms with Gasteiger partial charge in [0.25, 0.3) is 0 Å². The molecule has 0 aromatic carbocycles. The van der Waals surface area contributed by atoms with Crippen molar-refractivity contribution in [3.05, 3.63) is 0 Å². The average molecular weight is 256 g/mol. The highest BCUT2D eigenvalue weighted by molar-refractivity contribution is 5.78. The summed E-state index contributed by atoms with van der Waals surface area (Å²) in [4.78, 5) is 14.2. The first kappa shape index (κ1) is 15.4. The third-order valence-electron chi connectivity index (χ3n) is 3.90. The highest BCUT2D eigenvalue weighted by Gasteiger charge is 2.25.